The maximum absolute atomic E-state index is 13.7. The van der Waals surface area contributed by atoms with E-state index in [1.807, 2.05) is 25.1 Å². The van der Waals surface area contributed by atoms with E-state index in [9.17, 15) is 9.18 Å². The molecule has 0 bridgehead atoms. The number of hydrogen-bond acceptors (Lipinski definition) is 3. The van der Waals surface area contributed by atoms with Crippen LogP contribution in [0.15, 0.2) is 42.6 Å². The molecule has 1 heterocycles. The summed E-state index contributed by atoms with van der Waals surface area (Å²) < 4.78 is 18.5. The molecule has 5 heteroatoms. The molecule has 2 rings (SSSR count). The van der Waals surface area contributed by atoms with Crippen LogP contribution in [0.4, 0.5) is 4.39 Å². The van der Waals surface area contributed by atoms with Crippen molar-refractivity contribution in [3.05, 3.63) is 59.7 Å². The number of amides is 1. The van der Waals surface area contributed by atoms with Gasteiger partial charge in [-0.1, -0.05) is 12.1 Å². The van der Waals surface area contributed by atoms with Crippen LogP contribution in [0.2, 0.25) is 0 Å². The lowest BCUT2D eigenvalue weighted by atomic mass is 10.1. The summed E-state index contributed by atoms with van der Waals surface area (Å²) in [5.74, 6) is -0.387. The smallest absolute Gasteiger partial charge is 0.227 e. The highest BCUT2D eigenvalue weighted by molar-refractivity contribution is 5.79. The highest BCUT2D eigenvalue weighted by Gasteiger charge is 2.18. The first kappa shape index (κ1) is 15.9. The molecule has 22 heavy (non-hydrogen) atoms. The van der Waals surface area contributed by atoms with Crippen LogP contribution >= 0.6 is 0 Å². The number of halogens is 1. The molecule has 0 aliphatic heterocycles. The molecule has 116 valence electrons. The van der Waals surface area contributed by atoms with Crippen LogP contribution in [0.25, 0.3) is 0 Å². The van der Waals surface area contributed by atoms with Crippen molar-refractivity contribution in [3.63, 3.8) is 0 Å². The molecule has 0 fully saturated rings. The number of aromatic nitrogens is 1. The highest BCUT2D eigenvalue weighted by atomic mass is 19.1. The quantitative estimate of drug-likeness (QED) is 0.852. The van der Waals surface area contributed by atoms with E-state index in [1.165, 1.54) is 19.2 Å². The number of hydrogen-bond donors (Lipinski definition) is 0. The number of pyridine rings is 1. The third-order valence-electron chi connectivity index (χ3n) is 3.66. The van der Waals surface area contributed by atoms with E-state index in [1.54, 1.807) is 24.2 Å². The molecule has 1 atom stereocenters. The van der Waals surface area contributed by atoms with E-state index in [0.29, 0.717) is 5.56 Å². The van der Waals surface area contributed by atoms with Gasteiger partial charge in [0.15, 0.2) is 11.6 Å². The van der Waals surface area contributed by atoms with Crippen LogP contribution in [-0.2, 0) is 11.2 Å². The van der Waals surface area contributed by atoms with Gasteiger partial charge in [0.2, 0.25) is 5.91 Å². The second-order valence-electron chi connectivity index (χ2n) is 5.08. The molecule has 0 aliphatic rings. The van der Waals surface area contributed by atoms with Crippen LogP contribution in [0.1, 0.15) is 24.2 Å². The van der Waals surface area contributed by atoms with Gasteiger partial charge in [-0.15, -0.1) is 0 Å². The number of benzene rings is 1. The minimum atomic E-state index is -0.465. The number of rotatable bonds is 5. The highest BCUT2D eigenvalue weighted by Crippen LogP contribution is 2.20. The standard InChI is InChI=1S/C17H19FN2O2/c1-12(15-6-4-5-9-19-15)20(2)17(21)11-13-7-8-16(22-3)14(18)10-13/h4-10,12H,11H2,1-3H3/t12-/m1/s1. The van der Waals surface area contributed by atoms with E-state index >= 15 is 0 Å². The number of ether oxygens (including phenoxy) is 1. The van der Waals surface area contributed by atoms with Crippen molar-refractivity contribution < 1.29 is 13.9 Å². The summed E-state index contributed by atoms with van der Waals surface area (Å²) in [5.41, 5.74) is 1.43. The van der Waals surface area contributed by atoms with Crippen LogP contribution in [0.3, 0.4) is 0 Å². The third kappa shape index (κ3) is 3.61. The molecule has 2 aromatic rings. The monoisotopic (exact) mass is 302 g/mol. The van der Waals surface area contributed by atoms with Gasteiger partial charge in [0.25, 0.3) is 0 Å². The minimum absolute atomic E-state index is 0.0947. The maximum Gasteiger partial charge on any atom is 0.227 e. The number of nitrogens with zero attached hydrogens (tertiary/aromatic N) is 2. The van der Waals surface area contributed by atoms with Crippen LogP contribution in [-0.4, -0.2) is 29.9 Å². The molecule has 0 radical (unpaired) electrons. The predicted molar refractivity (Wildman–Crippen MR) is 82.1 cm³/mol. The maximum atomic E-state index is 13.7. The van der Waals surface area contributed by atoms with Gasteiger partial charge in [-0.2, -0.15) is 0 Å². The number of methoxy groups -OCH3 is 1. The lowest BCUT2D eigenvalue weighted by molar-refractivity contribution is -0.131. The van der Waals surface area contributed by atoms with Gasteiger partial charge >= 0.3 is 0 Å². The fourth-order valence-corrected chi connectivity index (χ4v) is 2.16. The molecular weight excluding hydrogens is 283 g/mol. The summed E-state index contributed by atoms with van der Waals surface area (Å²) in [5, 5.41) is 0. The second-order valence-corrected chi connectivity index (χ2v) is 5.08. The average Bonchev–Trinajstić information content (AvgIpc) is 2.54. The van der Waals surface area contributed by atoms with Crippen LogP contribution in [0.5, 0.6) is 5.75 Å². The van der Waals surface area contributed by atoms with Crippen molar-refractivity contribution in [3.8, 4) is 5.75 Å². The van der Waals surface area contributed by atoms with Gasteiger partial charge in [-0.3, -0.25) is 9.78 Å². The Morgan fingerprint density at radius 2 is 2.14 bits per heavy atom. The van der Waals surface area contributed by atoms with Crippen molar-refractivity contribution in [2.24, 2.45) is 0 Å². The Hall–Kier alpha value is -2.43. The molecule has 0 unspecified atom stereocenters. The van der Waals surface area contributed by atoms with Gasteiger partial charge in [0.05, 0.1) is 25.3 Å². The predicted octanol–water partition coefficient (Wildman–Crippen LogP) is 2.99. The number of likely N-dealkylation sites (N-methyl/N-ethyl adjacent to an activating group) is 1. The molecule has 1 aromatic carbocycles. The Morgan fingerprint density at radius 1 is 1.36 bits per heavy atom. The van der Waals surface area contributed by atoms with E-state index in [2.05, 4.69) is 4.98 Å². The Labute approximate surface area is 129 Å². The van der Waals surface area contributed by atoms with E-state index in [4.69, 9.17) is 4.74 Å². The topological polar surface area (TPSA) is 42.4 Å². The van der Waals surface area contributed by atoms with Gasteiger partial charge in [0.1, 0.15) is 0 Å². The first-order chi connectivity index (χ1) is 10.5. The Morgan fingerprint density at radius 3 is 2.73 bits per heavy atom. The molecule has 0 aliphatic carbocycles. The van der Waals surface area contributed by atoms with Crippen molar-refractivity contribution in [2.45, 2.75) is 19.4 Å². The lowest BCUT2D eigenvalue weighted by Gasteiger charge is -2.24. The zero-order chi connectivity index (χ0) is 16.1. The molecule has 1 amide bonds. The van der Waals surface area contributed by atoms with E-state index in [0.717, 1.165) is 5.69 Å². The first-order valence-electron chi connectivity index (χ1n) is 7.02. The summed E-state index contributed by atoms with van der Waals surface area (Å²) in [7, 11) is 3.13. The molecule has 0 spiro atoms. The molecule has 0 saturated heterocycles. The molecule has 0 saturated carbocycles. The zero-order valence-corrected chi connectivity index (χ0v) is 12.9. The summed E-state index contributed by atoms with van der Waals surface area (Å²) in [6.45, 7) is 1.91. The van der Waals surface area contributed by atoms with Crippen LogP contribution in [0, 0.1) is 5.82 Å². The normalized spacial score (nSPS) is 11.8. The Balaban J connectivity index is 2.07. The fourth-order valence-electron chi connectivity index (χ4n) is 2.16. The largest absolute Gasteiger partial charge is 0.494 e. The zero-order valence-electron chi connectivity index (χ0n) is 12.9. The van der Waals surface area contributed by atoms with Gasteiger partial charge in [-0.05, 0) is 36.8 Å². The molecule has 4 nitrogen and oxygen atoms in total. The lowest BCUT2D eigenvalue weighted by Crippen LogP contribution is -2.31. The number of carbonyl (C=O) groups excluding carboxylic acids is 1. The summed E-state index contributed by atoms with van der Waals surface area (Å²) in [4.78, 5) is 18.2. The van der Waals surface area contributed by atoms with Gasteiger partial charge in [-0.25, -0.2) is 4.39 Å². The van der Waals surface area contributed by atoms with E-state index in [-0.39, 0.29) is 24.1 Å². The minimum Gasteiger partial charge on any atom is -0.494 e. The Kier molecular flexibility index (Phi) is 5.09. The summed E-state index contributed by atoms with van der Waals surface area (Å²) >= 11 is 0. The molecular formula is C17H19FN2O2. The fraction of sp³-hybridized carbons (Fsp3) is 0.294. The molecule has 0 N–H and O–H groups in total. The van der Waals surface area contributed by atoms with E-state index < -0.39 is 5.82 Å². The number of carbonyl (C=O) groups is 1. The van der Waals surface area contributed by atoms with Gasteiger partial charge < -0.3 is 9.64 Å². The summed E-state index contributed by atoms with van der Waals surface area (Å²) in [6, 6.07) is 10.0. The Bertz CT molecular complexity index is 646. The van der Waals surface area contributed by atoms with Crippen LogP contribution < -0.4 is 4.74 Å². The third-order valence-corrected chi connectivity index (χ3v) is 3.66. The van der Waals surface area contributed by atoms with Crippen molar-refractivity contribution in [1.29, 1.82) is 0 Å². The van der Waals surface area contributed by atoms with Gasteiger partial charge in [0, 0.05) is 13.2 Å². The van der Waals surface area contributed by atoms with Crippen molar-refractivity contribution >= 4 is 5.91 Å². The SMILES string of the molecule is COc1ccc(CC(=O)N(C)[C@H](C)c2ccccn2)cc1F. The molecule has 1 aromatic heterocycles. The van der Waals surface area contributed by atoms with Crippen molar-refractivity contribution in [1.82, 2.24) is 9.88 Å². The first-order valence-corrected chi connectivity index (χ1v) is 7.02. The average molecular weight is 302 g/mol. The second kappa shape index (κ2) is 7.02. The van der Waals surface area contributed by atoms with Crippen molar-refractivity contribution in [2.75, 3.05) is 14.2 Å². The summed E-state index contributed by atoms with van der Waals surface area (Å²) in [6.07, 6.45) is 1.83.